The Hall–Kier alpha value is -2.14. The lowest BCUT2D eigenvalue weighted by molar-refractivity contribution is 0.561. The smallest absolute Gasteiger partial charge is 0.223 e. The maximum Gasteiger partial charge on any atom is 0.223 e. The van der Waals surface area contributed by atoms with Gasteiger partial charge in [-0.05, 0) is 35.4 Å². The monoisotopic (exact) mass is 296 g/mol. The highest BCUT2D eigenvalue weighted by Gasteiger charge is 2.25. The maximum atomic E-state index is 5.90. The molecule has 106 valence electrons. The summed E-state index contributed by atoms with van der Waals surface area (Å²) in [7, 11) is 0. The van der Waals surface area contributed by atoms with Gasteiger partial charge in [0.25, 0.3) is 0 Å². The molecule has 2 N–H and O–H groups in total. The zero-order valence-corrected chi connectivity index (χ0v) is 12.6. The molecule has 0 aliphatic carbocycles. The summed E-state index contributed by atoms with van der Waals surface area (Å²) in [5, 5.41) is 3.12. The fourth-order valence-electron chi connectivity index (χ4n) is 3.06. The van der Waals surface area contributed by atoms with Crippen LogP contribution in [-0.4, -0.2) is 16.5 Å². The minimum absolute atomic E-state index is 0.343. The molecule has 1 unspecified atom stereocenters. The predicted molar refractivity (Wildman–Crippen MR) is 88.1 cm³/mol. The van der Waals surface area contributed by atoms with Crippen molar-refractivity contribution < 1.29 is 0 Å². The molecule has 1 aliphatic heterocycles. The zero-order chi connectivity index (χ0) is 14.4. The molecular weight excluding hydrogens is 280 g/mol. The number of thiophene rings is 1. The molecule has 1 aromatic carbocycles. The number of rotatable bonds is 1. The highest BCUT2D eigenvalue weighted by Crippen LogP contribution is 2.38. The van der Waals surface area contributed by atoms with Gasteiger partial charge in [0.15, 0.2) is 0 Å². The third kappa shape index (κ3) is 2.05. The van der Waals surface area contributed by atoms with Crippen LogP contribution in [0.2, 0.25) is 0 Å². The van der Waals surface area contributed by atoms with E-state index in [9.17, 15) is 0 Å². The van der Waals surface area contributed by atoms with Gasteiger partial charge >= 0.3 is 0 Å². The van der Waals surface area contributed by atoms with Gasteiger partial charge < -0.3 is 10.6 Å². The largest absolute Gasteiger partial charge is 0.368 e. The maximum absolute atomic E-state index is 5.90. The molecular formula is C16H16N4S. The fourth-order valence-corrected chi connectivity index (χ4v) is 3.82. The van der Waals surface area contributed by atoms with E-state index in [4.69, 9.17) is 5.73 Å². The Bertz CT molecular complexity index is 811. The van der Waals surface area contributed by atoms with Crippen LogP contribution in [0.5, 0.6) is 0 Å². The molecule has 1 atom stereocenters. The Labute approximate surface area is 127 Å². The lowest BCUT2D eigenvalue weighted by Gasteiger charge is -2.34. The van der Waals surface area contributed by atoms with E-state index in [1.54, 1.807) is 11.3 Å². The molecule has 4 nitrogen and oxygen atoms in total. The normalized spacial score (nSPS) is 18.0. The van der Waals surface area contributed by atoms with Crippen molar-refractivity contribution in [1.82, 2.24) is 9.97 Å². The lowest BCUT2D eigenvalue weighted by Crippen LogP contribution is -2.31. The Morgan fingerprint density at radius 3 is 3.00 bits per heavy atom. The standard InChI is InChI=1S/C16H16N4S/c1-10-8-11-4-2-3-5-13(11)20(9-10)14-12-6-7-21-15(12)19-16(17)18-14/h2-7,10H,8-9H2,1H3,(H2,17,18,19). The number of para-hydroxylation sites is 1. The van der Waals surface area contributed by atoms with E-state index in [0.717, 1.165) is 29.0 Å². The second-order valence-corrected chi connectivity index (χ2v) is 6.49. The second-order valence-electron chi connectivity index (χ2n) is 5.59. The van der Waals surface area contributed by atoms with Crippen LogP contribution in [0.3, 0.4) is 0 Å². The number of nitrogens with zero attached hydrogens (tertiary/aromatic N) is 3. The summed E-state index contributed by atoms with van der Waals surface area (Å²) in [6.45, 7) is 3.23. The molecule has 4 rings (SSSR count). The number of fused-ring (bicyclic) bond motifs is 2. The molecule has 0 spiro atoms. The number of hydrogen-bond acceptors (Lipinski definition) is 5. The number of hydrogen-bond donors (Lipinski definition) is 1. The summed E-state index contributed by atoms with van der Waals surface area (Å²) in [6, 6.07) is 10.6. The van der Waals surface area contributed by atoms with Gasteiger partial charge in [-0.3, -0.25) is 0 Å². The highest BCUT2D eigenvalue weighted by molar-refractivity contribution is 7.16. The molecule has 0 fully saturated rings. The Kier molecular flexibility index (Phi) is 2.82. The molecule has 2 aromatic heterocycles. The second kappa shape index (κ2) is 4.70. The fraction of sp³-hybridized carbons (Fsp3) is 0.250. The predicted octanol–water partition coefficient (Wildman–Crippen LogP) is 3.60. The SMILES string of the molecule is CC1Cc2ccccc2N(c2nc(N)nc3sccc23)C1. The molecule has 0 saturated heterocycles. The molecule has 0 bridgehead atoms. The van der Waals surface area contributed by atoms with E-state index < -0.39 is 0 Å². The van der Waals surface area contributed by atoms with Crippen molar-refractivity contribution in [2.45, 2.75) is 13.3 Å². The van der Waals surface area contributed by atoms with Gasteiger partial charge in [-0.1, -0.05) is 25.1 Å². The van der Waals surface area contributed by atoms with Crippen molar-refractivity contribution >= 4 is 39.0 Å². The first kappa shape index (κ1) is 12.6. The van der Waals surface area contributed by atoms with Gasteiger partial charge in [0.1, 0.15) is 10.6 Å². The number of aromatic nitrogens is 2. The number of nitrogen functional groups attached to an aromatic ring is 1. The van der Waals surface area contributed by atoms with Crippen molar-refractivity contribution in [1.29, 1.82) is 0 Å². The van der Waals surface area contributed by atoms with E-state index in [2.05, 4.69) is 52.1 Å². The van der Waals surface area contributed by atoms with Gasteiger partial charge in [-0.25, -0.2) is 4.98 Å². The molecule has 5 heteroatoms. The topological polar surface area (TPSA) is 55.0 Å². The van der Waals surface area contributed by atoms with E-state index in [1.807, 2.05) is 5.38 Å². The highest BCUT2D eigenvalue weighted by atomic mass is 32.1. The number of anilines is 3. The average molecular weight is 296 g/mol. The quantitative estimate of drug-likeness (QED) is 0.745. The molecule has 1 aliphatic rings. The average Bonchev–Trinajstić information content (AvgIpc) is 2.93. The van der Waals surface area contributed by atoms with Crippen LogP contribution in [-0.2, 0) is 6.42 Å². The molecule has 0 amide bonds. The van der Waals surface area contributed by atoms with Gasteiger partial charge in [0.2, 0.25) is 5.95 Å². The summed E-state index contributed by atoms with van der Waals surface area (Å²) in [6.07, 6.45) is 1.11. The van der Waals surface area contributed by atoms with Gasteiger partial charge in [-0.15, -0.1) is 11.3 Å². The van der Waals surface area contributed by atoms with Crippen molar-refractivity contribution in [3.63, 3.8) is 0 Å². The van der Waals surface area contributed by atoms with Crippen molar-refractivity contribution in [3.05, 3.63) is 41.3 Å². The summed E-state index contributed by atoms with van der Waals surface area (Å²) < 4.78 is 0. The van der Waals surface area contributed by atoms with Crippen LogP contribution in [0, 0.1) is 5.92 Å². The molecule has 0 radical (unpaired) electrons. The molecule has 3 aromatic rings. The van der Waals surface area contributed by atoms with E-state index >= 15 is 0 Å². The first-order chi connectivity index (χ1) is 10.2. The van der Waals surface area contributed by atoms with Crippen molar-refractivity contribution in [2.24, 2.45) is 5.92 Å². The van der Waals surface area contributed by atoms with Crippen molar-refractivity contribution in [3.8, 4) is 0 Å². The van der Waals surface area contributed by atoms with Crippen molar-refractivity contribution in [2.75, 3.05) is 17.2 Å². The van der Waals surface area contributed by atoms with Gasteiger partial charge in [-0.2, -0.15) is 4.98 Å². The van der Waals surface area contributed by atoms with E-state index in [-0.39, 0.29) is 0 Å². The Morgan fingerprint density at radius 1 is 1.24 bits per heavy atom. The van der Waals surface area contributed by atoms with Crippen LogP contribution in [0.4, 0.5) is 17.5 Å². The Balaban J connectivity index is 1.94. The third-order valence-corrected chi connectivity index (χ3v) is 4.73. The van der Waals surface area contributed by atoms with Crippen LogP contribution in [0.25, 0.3) is 10.2 Å². The molecule has 0 saturated carbocycles. The minimum atomic E-state index is 0.343. The van der Waals surface area contributed by atoms with Crippen LogP contribution in [0.1, 0.15) is 12.5 Å². The first-order valence-electron chi connectivity index (χ1n) is 7.08. The lowest BCUT2D eigenvalue weighted by atomic mass is 9.94. The summed E-state index contributed by atoms with van der Waals surface area (Å²) >= 11 is 1.60. The molecule has 21 heavy (non-hydrogen) atoms. The number of benzene rings is 1. The van der Waals surface area contributed by atoms with E-state index in [0.29, 0.717) is 11.9 Å². The van der Waals surface area contributed by atoms with Crippen LogP contribution >= 0.6 is 11.3 Å². The third-order valence-electron chi connectivity index (χ3n) is 3.92. The number of nitrogens with two attached hydrogens (primary N) is 1. The van der Waals surface area contributed by atoms with Crippen LogP contribution < -0.4 is 10.6 Å². The van der Waals surface area contributed by atoms with E-state index in [1.165, 1.54) is 11.3 Å². The minimum Gasteiger partial charge on any atom is -0.368 e. The zero-order valence-electron chi connectivity index (χ0n) is 11.8. The van der Waals surface area contributed by atoms with Crippen LogP contribution in [0.15, 0.2) is 35.7 Å². The molecule has 3 heterocycles. The Morgan fingerprint density at radius 2 is 2.10 bits per heavy atom. The van der Waals surface area contributed by atoms with Gasteiger partial charge in [0, 0.05) is 12.2 Å². The summed E-state index contributed by atoms with van der Waals surface area (Å²) in [5.41, 5.74) is 8.51. The van der Waals surface area contributed by atoms with Gasteiger partial charge in [0.05, 0.1) is 5.39 Å². The summed E-state index contributed by atoms with van der Waals surface area (Å²) in [5.74, 6) is 1.86. The summed E-state index contributed by atoms with van der Waals surface area (Å²) in [4.78, 5) is 12.1. The first-order valence-corrected chi connectivity index (χ1v) is 7.96.